The lowest BCUT2D eigenvalue weighted by molar-refractivity contribution is -0.140. The van der Waals surface area contributed by atoms with Gasteiger partial charge in [0.1, 0.15) is 0 Å². The van der Waals surface area contributed by atoms with Gasteiger partial charge in [0.05, 0.1) is 30.9 Å². The Labute approximate surface area is 111 Å². The molecule has 1 atom stereocenters. The monoisotopic (exact) mass is 266 g/mol. The molecule has 1 aliphatic rings. The van der Waals surface area contributed by atoms with Gasteiger partial charge in [-0.1, -0.05) is 0 Å². The van der Waals surface area contributed by atoms with Gasteiger partial charge in [0.2, 0.25) is 5.91 Å². The molecule has 104 valence electrons. The van der Waals surface area contributed by atoms with Crippen molar-refractivity contribution in [2.75, 3.05) is 13.7 Å². The number of aromatic amines is 1. The van der Waals surface area contributed by atoms with Crippen molar-refractivity contribution in [3.05, 3.63) is 17.7 Å². The SMILES string of the molecule is COC(=O)CCCNC(=O)C1Cc2nc[nH]c2CN1. The molecule has 0 fully saturated rings. The van der Waals surface area contributed by atoms with Crippen LogP contribution in [0.25, 0.3) is 0 Å². The molecular formula is C12H18N4O3. The highest BCUT2D eigenvalue weighted by Crippen LogP contribution is 2.11. The van der Waals surface area contributed by atoms with Crippen molar-refractivity contribution < 1.29 is 14.3 Å². The predicted octanol–water partition coefficient (Wildman–Crippen LogP) is -0.507. The normalized spacial score (nSPS) is 17.6. The molecule has 1 aliphatic heterocycles. The Morgan fingerprint density at radius 2 is 2.42 bits per heavy atom. The van der Waals surface area contributed by atoms with Crippen LogP contribution < -0.4 is 10.6 Å². The summed E-state index contributed by atoms with van der Waals surface area (Å²) in [4.78, 5) is 30.0. The second kappa shape index (κ2) is 6.33. The van der Waals surface area contributed by atoms with E-state index in [1.807, 2.05) is 0 Å². The molecule has 19 heavy (non-hydrogen) atoms. The van der Waals surface area contributed by atoms with Crippen LogP contribution in [-0.4, -0.2) is 41.5 Å². The number of carbonyl (C=O) groups is 2. The predicted molar refractivity (Wildman–Crippen MR) is 67.2 cm³/mol. The molecule has 7 heteroatoms. The zero-order valence-electron chi connectivity index (χ0n) is 10.9. The quantitative estimate of drug-likeness (QED) is 0.493. The fourth-order valence-electron chi connectivity index (χ4n) is 2.02. The zero-order chi connectivity index (χ0) is 13.7. The summed E-state index contributed by atoms with van der Waals surface area (Å²) < 4.78 is 4.53. The molecule has 0 saturated carbocycles. The highest BCUT2D eigenvalue weighted by molar-refractivity contribution is 5.82. The van der Waals surface area contributed by atoms with Crippen molar-refractivity contribution in [1.82, 2.24) is 20.6 Å². The molecule has 2 heterocycles. The average Bonchev–Trinajstić information content (AvgIpc) is 2.90. The third-order valence-electron chi connectivity index (χ3n) is 3.13. The number of nitrogens with zero attached hydrogens (tertiary/aromatic N) is 1. The Hall–Kier alpha value is -1.89. The van der Waals surface area contributed by atoms with Crippen LogP contribution in [-0.2, 0) is 27.3 Å². The first kappa shape index (κ1) is 13.5. The first-order valence-electron chi connectivity index (χ1n) is 6.29. The lowest BCUT2D eigenvalue weighted by Crippen LogP contribution is -2.47. The molecule has 0 spiro atoms. The van der Waals surface area contributed by atoms with Crippen molar-refractivity contribution in [3.8, 4) is 0 Å². The van der Waals surface area contributed by atoms with E-state index in [0.29, 0.717) is 32.4 Å². The Balaban J connectivity index is 1.71. The van der Waals surface area contributed by atoms with Crippen LogP contribution in [0.4, 0.5) is 0 Å². The molecule has 0 saturated heterocycles. The van der Waals surface area contributed by atoms with Crippen molar-refractivity contribution in [2.24, 2.45) is 0 Å². The molecule has 0 aromatic carbocycles. The van der Waals surface area contributed by atoms with Gasteiger partial charge in [-0.3, -0.25) is 14.9 Å². The first-order valence-corrected chi connectivity index (χ1v) is 6.29. The highest BCUT2D eigenvalue weighted by atomic mass is 16.5. The van der Waals surface area contributed by atoms with Crippen LogP contribution in [0.5, 0.6) is 0 Å². The number of H-pyrrole nitrogens is 1. The molecule has 2 rings (SSSR count). The van der Waals surface area contributed by atoms with Gasteiger partial charge in [-0.15, -0.1) is 0 Å². The van der Waals surface area contributed by atoms with E-state index in [0.717, 1.165) is 11.4 Å². The van der Waals surface area contributed by atoms with Crippen LogP contribution in [0, 0.1) is 0 Å². The van der Waals surface area contributed by atoms with E-state index >= 15 is 0 Å². The lowest BCUT2D eigenvalue weighted by atomic mass is 10.0. The van der Waals surface area contributed by atoms with E-state index in [1.165, 1.54) is 7.11 Å². The van der Waals surface area contributed by atoms with Gasteiger partial charge in [0.25, 0.3) is 0 Å². The number of amides is 1. The molecule has 1 aromatic heterocycles. The minimum Gasteiger partial charge on any atom is -0.469 e. The maximum Gasteiger partial charge on any atom is 0.305 e. The van der Waals surface area contributed by atoms with Crippen LogP contribution in [0.3, 0.4) is 0 Å². The number of esters is 1. The van der Waals surface area contributed by atoms with Gasteiger partial charge in [-0.2, -0.15) is 0 Å². The zero-order valence-corrected chi connectivity index (χ0v) is 10.9. The summed E-state index contributed by atoms with van der Waals surface area (Å²) >= 11 is 0. The van der Waals surface area contributed by atoms with Gasteiger partial charge in [0.15, 0.2) is 0 Å². The largest absolute Gasteiger partial charge is 0.469 e. The minimum absolute atomic E-state index is 0.0569. The number of aromatic nitrogens is 2. The summed E-state index contributed by atoms with van der Waals surface area (Å²) in [5.74, 6) is -0.315. The van der Waals surface area contributed by atoms with E-state index in [9.17, 15) is 9.59 Å². The van der Waals surface area contributed by atoms with E-state index in [-0.39, 0.29) is 17.9 Å². The molecule has 3 N–H and O–H groups in total. The van der Waals surface area contributed by atoms with Gasteiger partial charge < -0.3 is 15.0 Å². The van der Waals surface area contributed by atoms with Crippen molar-refractivity contribution >= 4 is 11.9 Å². The summed E-state index contributed by atoms with van der Waals surface area (Å²) in [5.41, 5.74) is 1.98. The summed E-state index contributed by atoms with van der Waals surface area (Å²) in [7, 11) is 1.36. The van der Waals surface area contributed by atoms with Gasteiger partial charge in [-0.05, 0) is 6.42 Å². The third-order valence-corrected chi connectivity index (χ3v) is 3.13. The van der Waals surface area contributed by atoms with Crippen LogP contribution in [0.15, 0.2) is 6.33 Å². The third kappa shape index (κ3) is 3.54. The molecule has 0 radical (unpaired) electrons. The highest BCUT2D eigenvalue weighted by Gasteiger charge is 2.25. The molecule has 7 nitrogen and oxygen atoms in total. The minimum atomic E-state index is -0.258. The van der Waals surface area contributed by atoms with Gasteiger partial charge >= 0.3 is 5.97 Å². The topological polar surface area (TPSA) is 96.1 Å². The van der Waals surface area contributed by atoms with E-state index < -0.39 is 0 Å². The van der Waals surface area contributed by atoms with E-state index in [4.69, 9.17) is 0 Å². The number of hydrogen-bond donors (Lipinski definition) is 3. The maximum atomic E-state index is 11.9. The molecule has 0 bridgehead atoms. The average molecular weight is 266 g/mol. The number of imidazole rings is 1. The molecule has 1 amide bonds. The van der Waals surface area contributed by atoms with E-state index in [1.54, 1.807) is 6.33 Å². The number of fused-ring (bicyclic) bond motifs is 1. The Morgan fingerprint density at radius 3 is 3.21 bits per heavy atom. The molecule has 0 aliphatic carbocycles. The van der Waals surface area contributed by atoms with Crippen LogP contribution >= 0.6 is 0 Å². The van der Waals surface area contributed by atoms with Crippen LogP contribution in [0.2, 0.25) is 0 Å². The fourth-order valence-corrected chi connectivity index (χ4v) is 2.02. The standard InChI is InChI=1S/C12H18N4O3/c1-19-11(17)3-2-4-13-12(18)9-5-8-10(6-14-9)16-7-15-8/h7,9,14H,2-6H2,1H3,(H,13,18)(H,15,16). The Morgan fingerprint density at radius 1 is 1.58 bits per heavy atom. The van der Waals surface area contributed by atoms with E-state index in [2.05, 4.69) is 25.3 Å². The number of methoxy groups -OCH3 is 1. The maximum absolute atomic E-state index is 11.9. The molecule has 1 unspecified atom stereocenters. The Kier molecular flexibility index (Phi) is 4.51. The number of carbonyl (C=O) groups excluding carboxylic acids is 2. The fraction of sp³-hybridized carbons (Fsp3) is 0.583. The molecule has 1 aromatic rings. The van der Waals surface area contributed by atoms with Crippen molar-refractivity contribution in [3.63, 3.8) is 0 Å². The van der Waals surface area contributed by atoms with Crippen molar-refractivity contribution in [1.29, 1.82) is 0 Å². The summed E-state index contributed by atoms with van der Waals surface area (Å²) in [5, 5.41) is 5.95. The lowest BCUT2D eigenvalue weighted by Gasteiger charge is -2.22. The summed E-state index contributed by atoms with van der Waals surface area (Å²) in [6.45, 7) is 1.09. The number of nitrogens with one attached hydrogen (secondary N) is 3. The second-order valence-corrected chi connectivity index (χ2v) is 4.44. The van der Waals surface area contributed by atoms with Gasteiger partial charge in [0, 0.05) is 25.9 Å². The van der Waals surface area contributed by atoms with Crippen molar-refractivity contribution in [2.45, 2.75) is 31.8 Å². The first-order chi connectivity index (χ1) is 9.20. The van der Waals surface area contributed by atoms with Gasteiger partial charge in [-0.25, -0.2) is 4.98 Å². The van der Waals surface area contributed by atoms with Crippen LogP contribution in [0.1, 0.15) is 24.2 Å². The number of ether oxygens (including phenoxy) is 1. The smallest absolute Gasteiger partial charge is 0.305 e. The summed E-state index contributed by atoms with van der Waals surface area (Å²) in [6, 6.07) is -0.256. The summed E-state index contributed by atoms with van der Waals surface area (Å²) in [6.07, 6.45) is 3.13. The molecular weight excluding hydrogens is 248 g/mol. The number of hydrogen-bond acceptors (Lipinski definition) is 5. The Bertz CT molecular complexity index is 458. The second-order valence-electron chi connectivity index (χ2n) is 4.44. The number of rotatable bonds is 5.